The molecule has 3 nitrogen and oxygen atoms in total. The van der Waals surface area contributed by atoms with E-state index in [1.807, 2.05) is 18.4 Å². The van der Waals surface area contributed by atoms with E-state index in [0.29, 0.717) is 12.1 Å². The molecule has 2 rings (SSSR count). The normalized spacial score (nSPS) is 12.7. The van der Waals surface area contributed by atoms with Crippen LogP contribution in [0.5, 0.6) is 0 Å². The van der Waals surface area contributed by atoms with Gasteiger partial charge >= 0.3 is 0 Å². The number of benzene rings is 1. The predicted octanol–water partition coefficient (Wildman–Crippen LogP) is 2.48. The third-order valence-corrected chi connectivity index (χ3v) is 3.10. The van der Waals surface area contributed by atoms with E-state index in [1.165, 1.54) is 12.1 Å². The Balaban J connectivity index is 2.22. The van der Waals surface area contributed by atoms with Crippen molar-refractivity contribution in [1.82, 2.24) is 9.55 Å². The van der Waals surface area contributed by atoms with Crippen LogP contribution in [0.1, 0.15) is 23.0 Å². The minimum atomic E-state index is -0.614. The lowest BCUT2D eigenvalue weighted by atomic mass is 10.1. The molecule has 0 aliphatic heterocycles. The summed E-state index contributed by atoms with van der Waals surface area (Å²) in [5, 5.41) is 0. The van der Waals surface area contributed by atoms with Crippen molar-refractivity contribution < 1.29 is 8.78 Å². The molecular weight excluding hydrogens is 236 g/mol. The Morgan fingerprint density at radius 2 is 2.06 bits per heavy atom. The Hall–Kier alpha value is -1.75. The van der Waals surface area contributed by atoms with Gasteiger partial charge in [-0.3, -0.25) is 0 Å². The topological polar surface area (TPSA) is 43.8 Å². The van der Waals surface area contributed by atoms with Crippen molar-refractivity contribution in [3.8, 4) is 0 Å². The lowest BCUT2D eigenvalue weighted by Crippen LogP contribution is -2.19. The second-order valence-corrected chi connectivity index (χ2v) is 4.34. The summed E-state index contributed by atoms with van der Waals surface area (Å²) >= 11 is 0. The fourth-order valence-electron chi connectivity index (χ4n) is 1.84. The summed E-state index contributed by atoms with van der Waals surface area (Å²) < 4.78 is 28.2. The molecule has 96 valence electrons. The standard InChI is InChI=1S/C13H15F2N3/c1-8-9(2)18(7-17-8)6-13(16)11-4-3-10(14)5-12(11)15/h3-5,7,13H,6,16H2,1-2H3. The van der Waals surface area contributed by atoms with Gasteiger partial charge in [-0.25, -0.2) is 13.8 Å². The number of imidazole rings is 1. The van der Waals surface area contributed by atoms with Crippen molar-refractivity contribution in [2.24, 2.45) is 5.73 Å². The van der Waals surface area contributed by atoms with Crippen molar-refractivity contribution in [2.75, 3.05) is 0 Å². The van der Waals surface area contributed by atoms with E-state index in [0.717, 1.165) is 17.5 Å². The Kier molecular flexibility index (Phi) is 3.43. The molecule has 0 saturated heterocycles. The highest BCUT2D eigenvalue weighted by molar-refractivity contribution is 5.22. The van der Waals surface area contributed by atoms with E-state index in [2.05, 4.69) is 4.98 Å². The maximum atomic E-state index is 13.6. The van der Waals surface area contributed by atoms with E-state index in [9.17, 15) is 8.78 Å². The number of nitrogens with zero attached hydrogens (tertiary/aromatic N) is 2. The molecule has 1 aromatic carbocycles. The second kappa shape index (κ2) is 4.86. The average Bonchev–Trinajstić information content (AvgIpc) is 2.61. The molecule has 0 fully saturated rings. The molecule has 2 N–H and O–H groups in total. The van der Waals surface area contributed by atoms with Gasteiger partial charge in [0.05, 0.1) is 18.1 Å². The summed E-state index contributed by atoms with van der Waals surface area (Å²) in [5.41, 5.74) is 8.16. The molecule has 0 bridgehead atoms. The van der Waals surface area contributed by atoms with Crippen molar-refractivity contribution in [1.29, 1.82) is 0 Å². The van der Waals surface area contributed by atoms with Crippen molar-refractivity contribution >= 4 is 0 Å². The van der Waals surface area contributed by atoms with E-state index in [4.69, 9.17) is 5.73 Å². The molecule has 2 aromatic rings. The van der Waals surface area contributed by atoms with E-state index >= 15 is 0 Å². The fraction of sp³-hybridized carbons (Fsp3) is 0.308. The molecule has 5 heteroatoms. The van der Waals surface area contributed by atoms with Crippen LogP contribution in [0.15, 0.2) is 24.5 Å². The van der Waals surface area contributed by atoms with Crippen molar-refractivity contribution in [3.05, 3.63) is 53.1 Å². The van der Waals surface area contributed by atoms with Gasteiger partial charge in [0.25, 0.3) is 0 Å². The predicted molar refractivity (Wildman–Crippen MR) is 65.0 cm³/mol. The highest BCUT2D eigenvalue weighted by Crippen LogP contribution is 2.19. The third-order valence-electron chi connectivity index (χ3n) is 3.10. The number of halogens is 2. The summed E-state index contributed by atoms with van der Waals surface area (Å²) in [7, 11) is 0. The molecule has 18 heavy (non-hydrogen) atoms. The maximum Gasteiger partial charge on any atom is 0.130 e. The van der Waals surface area contributed by atoms with Gasteiger partial charge in [0.2, 0.25) is 0 Å². The monoisotopic (exact) mass is 251 g/mol. The zero-order chi connectivity index (χ0) is 13.3. The molecule has 0 amide bonds. The van der Waals surface area contributed by atoms with Crippen molar-refractivity contribution in [2.45, 2.75) is 26.4 Å². The summed E-state index contributed by atoms with van der Waals surface area (Å²) in [6.45, 7) is 4.24. The number of nitrogens with two attached hydrogens (primary N) is 1. The summed E-state index contributed by atoms with van der Waals surface area (Å²) in [6, 6.07) is 2.91. The highest BCUT2D eigenvalue weighted by Gasteiger charge is 2.14. The first kappa shape index (κ1) is 12.7. The quantitative estimate of drug-likeness (QED) is 0.910. The number of hydrogen-bond acceptors (Lipinski definition) is 2. The molecule has 0 aliphatic carbocycles. The number of aromatic nitrogens is 2. The SMILES string of the molecule is Cc1ncn(CC(N)c2ccc(F)cc2F)c1C. The van der Waals surface area contributed by atoms with E-state index < -0.39 is 17.7 Å². The first-order valence-electron chi connectivity index (χ1n) is 5.68. The molecule has 1 heterocycles. The molecule has 1 aromatic heterocycles. The molecule has 0 radical (unpaired) electrons. The van der Waals surface area contributed by atoms with Crippen LogP contribution in [0.4, 0.5) is 8.78 Å². The van der Waals surface area contributed by atoms with Gasteiger partial charge in [0.15, 0.2) is 0 Å². The van der Waals surface area contributed by atoms with Crippen LogP contribution in [0.25, 0.3) is 0 Å². The molecule has 0 spiro atoms. The van der Waals surface area contributed by atoms with Crippen LogP contribution >= 0.6 is 0 Å². The van der Waals surface area contributed by atoms with Crippen LogP contribution in [-0.2, 0) is 6.54 Å². The van der Waals surface area contributed by atoms with Crippen molar-refractivity contribution in [3.63, 3.8) is 0 Å². The molecule has 1 unspecified atom stereocenters. The van der Waals surface area contributed by atoms with Crippen LogP contribution in [0.3, 0.4) is 0 Å². The van der Waals surface area contributed by atoms with Crippen LogP contribution in [0, 0.1) is 25.5 Å². The summed E-state index contributed by atoms with van der Waals surface area (Å²) in [4.78, 5) is 4.15. The lowest BCUT2D eigenvalue weighted by Gasteiger charge is -2.15. The Morgan fingerprint density at radius 3 is 2.61 bits per heavy atom. The van der Waals surface area contributed by atoms with Gasteiger partial charge in [-0.05, 0) is 19.9 Å². The fourth-order valence-corrected chi connectivity index (χ4v) is 1.84. The maximum absolute atomic E-state index is 13.6. The van der Waals surface area contributed by atoms with Crippen LogP contribution < -0.4 is 5.73 Å². The van der Waals surface area contributed by atoms with Gasteiger partial charge < -0.3 is 10.3 Å². The molecule has 1 atom stereocenters. The second-order valence-electron chi connectivity index (χ2n) is 4.34. The van der Waals surface area contributed by atoms with E-state index in [1.54, 1.807) is 6.33 Å². The van der Waals surface area contributed by atoms with Gasteiger partial charge in [-0.1, -0.05) is 6.07 Å². The Morgan fingerprint density at radius 1 is 1.33 bits per heavy atom. The molecule has 0 aliphatic rings. The summed E-state index contributed by atoms with van der Waals surface area (Å²) in [6.07, 6.45) is 1.67. The zero-order valence-corrected chi connectivity index (χ0v) is 10.3. The average molecular weight is 251 g/mol. The van der Waals surface area contributed by atoms with Crippen LogP contribution in [-0.4, -0.2) is 9.55 Å². The van der Waals surface area contributed by atoms with Crippen LogP contribution in [0.2, 0.25) is 0 Å². The minimum Gasteiger partial charge on any atom is -0.333 e. The largest absolute Gasteiger partial charge is 0.333 e. The molecular formula is C13H15F2N3. The smallest absolute Gasteiger partial charge is 0.130 e. The lowest BCUT2D eigenvalue weighted by molar-refractivity contribution is 0.517. The number of aryl methyl sites for hydroxylation is 1. The first-order valence-corrected chi connectivity index (χ1v) is 5.68. The Bertz CT molecular complexity index is 563. The highest BCUT2D eigenvalue weighted by atomic mass is 19.1. The zero-order valence-electron chi connectivity index (χ0n) is 10.3. The number of hydrogen-bond donors (Lipinski definition) is 1. The minimum absolute atomic E-state index is 0.308. The first-order chi connectivity index (χ1) is 8.49. The molecule has 0 saturated carbocycles. The van der Waals surface area contributed by atoms with Gasteiger partial charge in [-0.15, -0.1) is 0 Å². The van der Waals surface area contributed by atoms with Gasteiger partial charge in [0.1, 0.15) is 11.6 Å². The number of rotatable bonds is 3. The summed E-state index contributed by atoms with van der Waals surface area (Å²) in [5.74, 6) is -1.21. The van der Waals surface area contributed by atoms with Gasteiger partial charge in [0, 0.05) is 23.9 Å². The van der Waals surface area contributed by atoms with E-state index in [-0.39, 0.29) is 0 Å². The Labute approximate surface area is 104 Å². The van der Waals surface area contributed by atoms with Gasteiger partial charge in [-0.2, -0.15) is 0 Å². The third kappa shape index (κ3) is 2.41.